The van der Waals surface area contributed by atoms with Gasteiger partial charge in [0.25, 0.3) is 11.8 Å². The Hall–Kier alpha value is -2.16. The zero-order chi connectivity index (χ0) is 14.5. The summed E-state index contributed by atoms with van der Waals surface area (Å²) in [6.07, 6.45) is 9.02. The normalized spacial score (nSPS) is 14.8. The van der Waals surface area contributed by atoms with E-state index in [9.17, 15) is 9.59 Å². The smallest absolute Gasteiger partial charge is 0.259 e. The maximum Gasteiger partial charge on any atom is 0.259 e. The van der Waals surface area contributed by atoms with E-state index < -0.39 is 0 Å². The van der Waals surface area contributed by atoms with Gasteiger partial charge in [-0.3, -0.25) is 14.9 Å². The van der Waals surface area contributed by atoms with Crippen LogP contribution in [0.15, 0.2) is 42.0 Å². The predicted octanol–water partition coefficient (Wildman–Crippen LogP) is 3.42. The molecule has 2 rings (SSSR count). The van der Waals surface area contributed by atoms with Gasteiger partial charge in [0.15, 0.2) is 0 Å². The molecule has 1 aliphatic heterocycles. The SMILES string of the molecule is CCC=C(C=CCc1cccc2c1C(=O)NC2=O)CC. The summed E-state index contributed by atoms with van der Waals surface area (Å²) >= 11 is 0. The maximum atomic E-state index is 11.8. The Morgan fingerprint density at radius 1 is 1.20 bits per heavy atom. The molecule has 0 fully saturated rings. The van der Waals surface area contributed by atoms with Crippen molar-refractivity contribution < 1.29 is 9.59 Å². The zero-order valence-electron chi connectivity index (χ0n) is 11.9. The van der Waals surface area contributed by atoms with E-state index >= 15 is 0 Å². The van der Waals surface area contributed by atoms with Crippen molar-refractivity contribution in [3.8, 4) is 0 Å². The minimum Gasteiger partial charge on any atom is -0.288 e. The molecule has 0 spiro atoms. The molecule has 1 aliphatic rings. The molecule has 0 saturated carbocycles. The largest absolute Gasteiger partial charge is 0.288 e. The van der Waals surface area contributed by atoms with Gasteiger partial charge in [-0.15, -0.1) is 0 Å². The van der Waals surface area contributed by atoms with Crippen LogP contribution in [0.3, 0.4) is 0 Å². The van der Waals surface area contributed by atoms with E-state index in [0.717, 1.165) is 18.4 Å². The van der Waals surface area contributed by atoms with E-state index in [-0.39, 0.29) is 11.8 Å². The molecule has 1 heterocycles. The van der Waals surface area contributed by atoms with E-state index in [1.54, 1.807) is 6.07 Å². The highest BCUT2D eigenvalue weighted by atomic mass is 16.2. The minimum absolute atomic E-state index is 0.284. The van der Waals surface area contributed by atoms with E-state index in [2.05, 4.69) is 37.4 Å². The lowest BCUT2D eigenvalue weighted by Gasteiger charge is -2.03. The zero-order valence-corrected chi connectivity index (χ0v) is 11.9. The van der Waals surface area contributed by atoms with Crippen LogP contribution < -0.4 is 5.32 Å². The van der Waals surface area contributed by atoms with Crippen LogP contribution >= 0.6 is 0 Å². The lowest BCUT2D eigenvalue weighted by molar-refractivity contribution is 0.0879. The van der Waals surface area contributed by atoms with Crippen LogP contribution in [0.25, 0.3) is 0 Å². The summed E-state index contributed by atoms with van der Waals surface area (Å²) < 4.78 is 0. The van der Waals surface area contributed by atoms with Gasteiger partial charge in [0.2, 0.25) is 0 Å². The fourth-order valence-electron chi connectivity index (χ4n) is 2.39. The number of nitrogens with one attached hydrogen (secondary N) is 1. The topological polar surface area (TPSA) is 46.2 Å². The third-order valence-corrected chi connectivity index (χ3v) is 3.39. The van der Waals surface area contributed by atoms with Crippen molar-refractivity contribution in [3.63, 3.8) is 0 Å². The van der Waals surface area contributed by atoms with Gasteiger partial charge < -0.3 is 0 Å². The Labute approximate surface area is 119 Å². The summed E-state index contributed by atoms with van der Waals surface area (Å²) in [6.45, 7) is 4.24. The summed E-state index contributed by atoms with van der Waals surface area (Å²) in [5.74, 6) is -0.579. The molecule has 0 unspecified atom stereocenters. The second kappa shape index (κ2) is 6.33. The Morgan fingerprint density at radius 3 is 2.70 bits per heavy atom. The van der Waals surface area contributed by atoms with Crippen molar-refractivity contribution in [1.82, 2.24) is 5.32 Å². The van der Waals surface area contributed by atoms with Crippen LogP contribution in [0.2, 0.25) is 0 Å². The first-order valence-electron chi connectivity index (χ1n) is 7.00. The molecular weight excluding hydrogens is 250 g/mol. The van der Waals surface area contributed by atoms with Gasteiger partial charge in [-0.1, -0.05) is 49.8 Å². The van der Waals surface area contributed by atoms with Gasteiger partial charge in [-0.05, 0) is 30.9 Å². The molecule has 0 saturated heterocycles. The van der Waals surface area contributed by atoms with Crippen molar-refractivity contribution in [3.05, 3.63) is 58.7 Å². The molecule has 1 N–H and O–H groups in total. The van der Waals surface area contributed by atoms with E-state index in [4.69, 9.17) is 0 Å². The fraction of sp³-hybridized carbons (Fsp3) is 0.294. The molecule has 3 nitrogen and oxygen atoms in total. The highest BCUT2D eigenvalue weighted by Gasteiger charge is 2.28. The van der Waals surface area contributed by atoms with Crippen LogP contribution in [-0.2, 0) is 6.42 Å². The number of allylic oxidation sites excluding steroid dienone is 4. The van der Waals surface area contributed by atoms with E-state index in [0.29, 0.717) is 17.5 Å². The molecule has 0 bridgehead atoms. The molecule has 0 atom stereocenters. The second-order valence-electron chi connectivity index (χ2n) is 4.77. The first-order valence-corrected chi connectivity index (χ1v) is 7.00. The summed E-state index contributed by atoms with van der Waals surface area (Å²) in [5, 5.41) is 2.34. The summed E-state index contributed by atoms with van der Waals surface area (Å²) in [7, 11) is 0. The molecule has 104 valence electrons. The summed E-state index contributed by atoms with van der Waals surface area (Å²) in [5.41, 5.74) is 3.20. The third kappa shape index (κ3) is 2.87. The number of benzene rings is 1. The first-order chi connectivity index (χ1) is 9.67. The van der Waals surface area contributed by atoms with Crippen molar-refractivity contribution in [2.24, 2.45) is 0 Å². The van der Waals surface area contributed by atoms with Crippen LogP contribution in [-0.4, -0.2) is 11.8 Å². The van der Waals surface area contributed by atoms with Crippen LogP contribution in [0.5, 0.6) is 0 Å². The number of hydrogen-bond donors (Lipinski definition) is 1. The van der Waals surface area contributed by atoms with Gasteiger partial charge in [-0.2, -0.15) is 0 Å². The van der Waals surface area contributed by atoms with Crippen molar-refractivity contribution >= 4 is 11.8 Å². The number of imide groups is 1. The molecular formula is C17H19NO2. The number of fused-ring (bicyclic) bond motifs is 1. The predicted molar refractivity (Wildman–Crippen MR) is 79.7 cm³/mol. The Kier molecular flexibility index (Phi) is 4.51. The average molecular weight is 269 g/mol. The lowest BCUT2D eigenvalue weighted by Crippen LogP contribution is -2.20. The quantitative estimate of drug-likeness (QED) is 0.657. The molecule has 1 aromatic carbocycles. The summed E-state index contributed by atoms with van der Waals surface area (Å²) in [4.78, 5) is 23.4. The molecule has 1 aromatic rings. The van der Waals surface area contributed by atoms with Gasteiger partial charge in [-0.25, -0.2) is 0 Å². The highest BCUT2D eigenvalue weighted by Crippen LogP contribution is 2.21. The number of rotatable bonds is 5. The molecule has 2 amide bonds. The van der Waals surface area contributed by atoms with Gasteiger partial charge in [0, 0.05) is 0 Å². The van der Waals surface area contributed by atoms with Crippen LogP contribution in [0.4, 0.5) is 0 Å². The van der Waals surface area contributed by atoms with Gasteiger partial charge in [0.05, 0.1) is 11.1 Å². The third-order valence-electron chi connectivity index (χ3n) is 3.39. The van der Waals surface area contributed by atoms with E-state index in [1.807, 2.05) is 12.1 Å². The van der Waals surface area contributed by atoms with Crippen molar-refractivity contribution in [1.29, 1.82) is 0 Å². The number of hydrogen-bond acceptors (Lipinski definition) is 2. The monoisotopic (exact) mass is 269 g/mol. The van der Waals surface area contributed by atoms with Gasteiger partial charge in [0.1, 0.15) is 0 Å². The molecule has 0 aliphatic carbocycles. The minimum atomic E-state index is -0.295. The molecule has 20 heavy (non-hydrogen) atoms. The lowest BCUT2D eigenvalue weighted by atomic mass is 9.99. The van der Waals surface area contributed by atoms with Crippen molar-refractivity contribution in [2.75, 3.05) is 0 Å². The number of carbonyl (C=O) groups excluding carboxylic acids is 2. The molecule has 0 aromatic heterocycles. The molecule has 3 heteroatoms. The summed E-state index contributed by atoms with van der Waals surface area (Å²) in [6, 6.07) is 5.41. The first kappa shape index (κ1) is 14.3. The Morgan fingerprint density at radius 2 is 2.00 bits per heavy atom. The van der Waals surface area contributed by atoms with Gasteiger partial charge >= 0.3 is 0 Å². The average Bonchev–Trinajstić information content (AvgIpc) is 2.74. The Balaban J connectivity index is 2.20. The van der Waals surface area contributed by atoms with E-state index in [1.165, 1.54) is 5.57 Å². The Bertz CT molecular complexity index is 597. The maximum absolute atomic E-state index is 11.8. The fourth-order valence-corrected chi connectivity index (χ4v) is 2.39. The number of carbonyl (C=O) groups is 2. The van der Waals surface area contributed by atoms with Crippen molar-refractivity contribution in [2.45, 2.75) is 33.1 Å². The molecule has 0 radical (unpaired) electrons. The standard InChI is InChI=1S/C17H19NO2/c1-3-7-12(4-2)8-5-9-13-10-6-11-14-15(13)17(20)18-16(14)19/h5-8,10-11H,3-4,9H2,1-2H3,(H,18,19,20). The second-order valence-corrected chi connectivity index (χ2v) is 4.77. The highest BCUT2D eigenvalue weighted by molar-refractivity contribution is 6.22. The van der Waals surface area contributed by atoms with Crippen LogP contribution in [0.1, 0.15) is 53.0 Å². The number of amides is 2. The van der Waals surface area contributed by atoms with Crippen LogP contribution in [0, 0.1) is 0 Å².